The molecule has 0 saturated carbocycles. The third kappa shape index (κ3) is 5.77. The Hall–Kier alpha value is -0.650. The van der Waals surface area contributed by atoms with E-state index in [1.807, 2.05) is 6.92 Å². The zero-order valence-electron chi connectivity index (χ0n) is 13.4. The largest absolute Gasteiger partial charge is 0.385 e. The zero-order chi connectivity index (χ0) is 15.0. The average Bonchev–Trinajstić information content (AvgIpc) is 2.92. The SMILES string of the molecule is COCCCNC(=O)C(C)N(CC1CCCN1)C(C)C. The number of carbonyl (C=O) groups excluding carboxylic acids is 1. The Kier molecular flexibility index (Phi) is 8.11. The fourth-order valence-corrected chi connectivity index (χ4v) is 2.71. The first-order valence-electron chi connectivity index (χ1n) is 7.82. The van der Waals surface area contributed by atoms with E-state index in [-0.39, 0.29) is 11.9 Å². The van der Waals surface area contributed by atoms with Gasteiger partial charge in [-0.15, -0.1) is 0 Å². The van der Waals surface area contributed by atoms with Gasteiger partial charge in [0.05, 0.1) is 6.04 Å². The number of rotatable bonds is 9. The van der Waals surface area contributed by atoms with Gasteiger partial charge in [-0.3, -0.25) is 9.69 Å². The van der Waals surface area contributed by atoms with Crippen molar-refractivity contribution >= 4 is 5.91 Å². The van der Waals surface area contributed by atoms with E-state index in [0.29, 0.717) is 25.2 Å². The normalized spacial score (nSPS) is 20.6. The van der Waals surface area contributed by atoms with Gasteiger partial charge in [-0.25, -0.2) is 0 Å². The van der Waals surface area contributed by atoms with Gasteiger partial charge in [-0.1, -0.05) is 0 Å². The third-order valence-electron chi connectivity index (χ3n) is 3.96. The van der Waals surface area contributed by atoms with Crippen LogP contribution in [0.25, 0.3) is 0 Å². The first-order valence-corrected chi connectivity index (χ1v) is 7.82. The van der Waals surface area contributed by atoms with E-state index in [4.69, 9.17) is 4.74 Å². The van der Waals surface area contributed by atoms with Gasteiger partial charge in [0.1, 0.15) is 0 Å². The zero-order valence-corrected chi connectivity index (χ0v) is 13.4. The monoisotopic (exact) mass is 285 g/mol. The van der Waals surface area contributed by atoms with E-state index in [2.05, 4.69) is 29.4 Å². The molecule has 1 rings (SSSR count). The molecule has 0 bridgehead atoms. The van der Waals surface area contributed by atoms with Gasteiger partial charge in [0, 0.05) is 38.9 Å². The van der Waals surface area contributed by atoms with E-state index in [9.17, 15) is 4.79 Å². The smallest absolute Gasteiger partial charge is 0.237 e. The molecule has 0 aromatic rings. The molecule has 0 aliphatic carbocycles. The lowest BCUT2D eigenvalue weighted by atomic mass is 10.1. The highest BCUT2D eigenvalue weighted by Gasteiger charge is 2.27. The van der Waals surface area contributed by atoms with Crippen LogP contribution >= 0.6 is 0 Å². The molecule has 1 fully saturated rings. The number of nitrogens with one attached hydrogen (secondary N) is 2. The molecule has 0 radical (unpaired) electrons. The van der Waals surface area contributed by atoms with Gasteiger partial charge >= 0.3 is 0 Å². The maximum Gasteiger partial charge on any atom is 0.237 e. The van der Waals surface area contributed by atoms with Gasteiger partial charge in [-0.05, 0) is 46.6 Å². The average molecular weight is 285 g/mol. The summed E-state index contributed by atoms with van der Waals surface area (Å²) in [5, 5.41) is 6.50. The van der Waals surface area contributed by atoms with Crippen LogP contribution in [-0.2, 0) is 9.53 Å². The number of amides is 1. The molecule has 1 heterocycles. The molecular formula is C15H31N3O2. The molecule has 1 saturated heterocycles. The Morgan fingerprint density at radius 2 is 2.20 bits per heavy atom. The Bertz CT molecular complexity index is 278. The van der Waals surface area contributed by atoms with E-state index in [1.54, 1.807) is 7.11 Å². The molecule has 2 atom stereocenters. The Morgan fingerprint density at radius 1 is 1.45 bits per heavy atom. The van der Waals surface area contributed by atoms with Crippen molar-refractivity contribution in [3.05, 3.63) is 0 Å². The number of ether oxygens (including phenoxy) is 1. The highest BCUT2D eigenvalue weighted by atomic mass is 16.5. The quantitative estimate of drug-likeness (QED) is 0.620. The molecule has 0 aromatic heterocycles. The van der Waals surface area contributed by atoms with E-state index in [1.165, 1.54) is 12.8 Å². The molecule has 1 aliphatic heterocycles. The summed E-state index contributed by atoms with van der Waals surface area (Å²) in [7, 11) is 1.68. The minimum Gasteiger partial charge on any atom is -0.385 e. The molecule has 0 aromatic carbocycles. The van der Waals surface area contributed by atoms with E-state index < -0.39 is 0 Å². The molecule has 5 nitrogen and oxygen atoms in total. The van der Waals surface area contributed by atoms with Crippen LogP contribution in [0.1, 0.15) is 40.0 Å². The molecule has 2 unspecified atom stereocenters. The second kappa shape index (κ2) is 9.32. The van der Waals surface area contributed by atoms with Gasteiger partial charge in [0.2, 0.25) is 5.91 Å². The van der Waals surface area contributed by atoms with Crippen LogP contribution in [0.3, 0.4) is 0 Å². The standard InChI is InChI=1S/C15H31N3O2/c1-12(2)18(11-14-7-5-8-16-14)13(3)15(19)17-9-6-10-20-4/h12-14,16H,5-11H2,1-4H3,(H,17,19). The molecule has 1 aliphatic rings. The first kappa shape index (κ1) is 17.4. The Balaban J connectivity index is 2.41. The van der Waals surface area contributed by atoms with Gasteiger partial charge in [0.25, 0.3) is 0 Å². The van der Waals surface area contributed by atoms with Gasteiger partial charge in [0.15, 0.2) is 0 Å². The van der Waals surface area contributed by atoms with Crippen LogP contribution in [-0.4, -0.2) is 62.3 Å². The number of carbonyl (C=O) groups is 1. The molecule has 20 heavy (non-hydrogen) atoms. The van der Waals surface area contributed by atoms with Crippen LogP contribution in [0.2, 0.25) is 0 Å². The minimum absolute atomic E-state index is 0.0834. The Labute approximate surface area is 123 Å². The lowest BCUT2D eigenvalue weighted by Gasteiger charge is -2.34. The highest BCUT2D eigenvalue weighted by molar-refractivity contribution is 5.81. The fourth-order valence-electron chi connectivity index (χ4n) is 2.71. The molecule has 1 amide bonds. The van der Waals surface area contributed by atoms with Crippen molar-refractivity contribution in [1.82, 2.24) is 15.5 Å². The number of methoxy groups -OCH3 is 1. The van der Waals surface area contributed by atoms with Crippen LogP contribution < -0.4 is 10.6 Å². The van der Waals surface area contributed by atoms with E-state index >= 15 is 0 Å². The minimum atomic E-state index is -0.0834. The molecule has 118 valence electrons. The summed E-state index contributed by atoms with van der Waals surface area (Å²) < 4.78 is 4.99. The topological polar surface area (TPSA) is 53.6 Å². The number of hydrogen-bond donors (Lipinski definition) is 2. The Morgan fingerprint density at radius 3 is 2.75 bits per heavy atom. The maximum atomic E-state index is 12.2. The van der Waals surface area contributed by atoms with Gasteiger partial charge in [-0.2, -0.15) is 0 Å². The summed E-state index contributed by atoms with van der Waals surface area (Å²) in [5.41, 5.74) is 0. The maximum absolute atomic E-state index is 12.2. The number of hydrogen-bond acceptors (Lipinski definition) is 4. The highest BCUT2D eigenvalue weighted by Crippen LogP contribution is 2.12. The van der Waals surface area contributed by atoms with Crippen LogP contribution in [0, 0.1) is 0 Å². The second-order valence-electron chi connectivity index (χ2n) is 5.90. The lowest BCUT2D eigenvalue weighted by molar-refractivity contribution is -0.126. The van der Waals surface area contributed by atoms with E-state index in [0.717, 1.165) is 19.5 Å². The first-order chi connectivity index (χ1) is 9.56. The van der Waals surface area contributed by atoms with Crippen molar-refractivity contribution in [1.29, 1.82) is 0 Å². The molecule has 0 spiro atoms. The van der Waals surface area contributed by atoms with Crippen LogP contribution in [0.4, 0.5) is 0 Å². The molecule has 5 heteroatoms. The second-order valence-corrected chi connectivity index (χ2v) is 5.90. The van der Waals surface area contributed by atoms with Crippen molar-refractivity contribution in [3.8, 4) is 0 Å². The lowest BCUT2D eigenvalue weighted by Crippen LogP contribution is -2.52. The predicted molar refractivity (Wildman–Crippen MR) is 81.8 cm³/mol. The summed E-state index contributed by atoms with van der Waals surface area (Å²) in [6, 6.07) is 0.818. The summed E-state index contributed by atoms with van der Waals surface area (Å²) >= 11 is 0. The van der Waals surface area contributed by atoms with Crippen molar-refractivity contribution in [2.24, 2.45) is 0 Å². The summed E-state index contributed by atoms with van der Waals surface area (Å²) in [6.07, 6.45) is 3.32. The van der Waals surface area contributed by atoms with Crippen molar-refractivity contribution < 1.29 is 9.53 Å². The number of nitrogens with zero attached hydrogens (tertiary/aromatic N) is 1. The van der Waals surface area contributed by atoms with Crippen molar-refractivity contribution in [2.75, 3.05) is 33.4 Å². The van der Waals surface area contributed by atoms with Crippen LogP contribution in [0.5, 0.6) is 0 Å². The van der Waals surface area contributed by atoms with Crippen LogP contribution in [0.15, 0.2) is 0 Å². The summed E-state index contributed by atoms with van der Waals surface area (Å²) in [5.74, 6) is 0.118. The summed E-state index contributed by atoms with van der Waals surface area (Å²) in [4.78, 5) is 14.5. The molecule has 2 N–H and O–H groups in total. The van der Waals surface area contributed by atoms with Gasteiger partial charge < -0.3 is 15.4 Å². The fraction of sp³-hybridized carbons (Fsp3) is 0.933. The van der Waals surface area contributed by atoms with Crippen molar-refractivity contribution in [3.63, 3.8) is 0 Å². The third-order valence-corrected chi connectivity index (χ3v) is 3.96. The predicted octanol–water partition coefficient (Wildman–Crippen LogP) is 0.990. The molecular weight excluding hydrogens is 254 g/mol. The van der Waals surface area contributed by atoms with Crippen molar-refractivity contribution in [2.45, 2.75) is 58.2 Å². The summed E-state index contributed by atoms with van der Waals surface area (Å²) in [6.45, 7) is 9.74.